The molecule has 3 heteroatoms. The van der Waals surface area contributed by atoms with E-state index in [-0.39, 0.29) is 11.1 Å². The summed E-state index contributed by atoms with van der Waals surface area (Å²) in [7, 11) is 0. The lowest BCUT2D eigenvalue weighted by molar-refractivity contribution is 0.592. The third-order valence-corrected chi connectivity index (χ3v) is 5.45. The summed E-state index contributed by atoms with van der Waals surface area (Å²) in [5.41, 5.74) is 6.16. The lowest BCUT2D eigenvalue weighted by atomic mass is 9.82. The molecule has 0 aliphatic heterocycles. The van der Waals surface area contributed by atoms with Crippen molar-refractivity contribution in [1.29, 1.82) is 0 Å². The minimum absolute atomic E-state index is 0.0235. The van der Waals surface area contributed by atoms with E-state index in [1.54, 1.807) is 6.07 Å². The van der Waals surface area contributed by atoms with E-state index in [9.17, 15) is 0 Å². The highest BCUT2D eigenvalue weighted by Gasteiger charge is 2.19. The summed E-state index contributed by atoms with van der Waals surface area (Å²) in [5, 5.41) is 1.67. The second-order valence-electron chi connectivity index (χ2n) is 8.56. The molecule has 0 aliphatic rings. The van der Waals surface area contributed by atoms with Crippen LogP contribution in [0, 0.1) is 6.85 Å². The third-order valence-electron chi connectivity index (χ3n) is 5.45. The lowest BCUT2D eigenvalue weighted by Crippen LogP contribution is -2.12. The Morgan fingerprint density at radius 1 is 0.833 bits per heavy atom. The number of hydrogen-bond donors (Lipinski definition) is 0. The van der Waals surface area contributed by atoms with Gasteiger partial charge in [0.1, 0.15) is 5.58 Å². The van der Waals surface area contributed by atoms with Crippen LogP contribution in [0.25, 0.3) is 44.5 Å². The van der Waals surface area contributed by atoms with Crippen LogP contribution in [-0.4, -0.2) is 9.97 Å². The molecule has 0 radical (unpaired) electrons. The van der Waals surface area contributed by atoms with E-state index in [0.29, 0.717) is 11.3 Å². The fourth-order valence-electron chi connectivity index (χ4n) is 3.98. The molecule has 0 unspecified atom stereocenters. The first-order chi connectivity index (χ1) is 15.6. The summed E-state index contributed by atoms with van der Waals surface area (Å²) in [5.74, 6) is 0. The molecule has 3 heterocycles. The summed E-state index contributed by atoms with van der Waals surface area (Å²) < 4.78 is 28.9. The number of aryl methyl sites for hydroxylation is 1. The second-order valence-corrected chi connectivity index (χ2v) is 8.56. The van der Waals surface area contributed by atoms with Crippen LogP contribution < -0.4 is 0 Å². The van der Waals surface area contributed by atoms with Crippen LogP contribution in [0.1, 0.15) is 36.1 Å². The average Bonchev–Trinajstić information content (AvgIpc) is 3.16. The van der Waals surface area contributed by atoms with Crippen molar-refractivity contribution in [2.24, 2.45) is 0 Å². The van der Waals surface area contributed by atoms with Crippen LogP contribution >= 0.6 is 0 Å². The third kappa shape index (κ3) is 3.07. The Bertz CT molecular complexity index is 1480. The first kappa shape index (κ1) is 15.4. The van der Waals surface area contributed by atoms with Gasteiger partial charge in [-0.1, -0.05) is 63.2 Å². The maximum absolute atomic E-state index is 7.62. The molecule has 5 aromatic rings. The van der Waals surface area contributed by atoms with Crippen LogP contribution in [0.2, 0.25) is 0 Å². The summed E-state index contributed by atoms with van der Waals surface area (Å²) >= 11 is 0. The van der Waals surface area contributed by atoms with E-state index in [1.165, 1.54) is 17.2 Å². The number of aromatic nitrogens is 2. The van der Waals surface area contributed by atoms with E-state index < -0.39 is 6.85 Å². The smallest absolute Gasteiger partial charge is 0.227 e. The molecule has 148 valence electrons. The summed E-state index contributed by atoms with van der Waals surface area (Å²) in [6.45, 7) is 4.35. The molecule has 0 saturated carbocycles. The predicted molar refractivity (Wildman–Crippen MR) is 124 cm³/mol. The first-order valence-electron chi connectivity index (χ1n) is 11.5. The monoisotopic (exact) mass is 395 g/mol. The lowest BCUT2D eigenvalue weighted by Gasteiger charge is -2.23. The summed E-state index contributed by atoms with van der Waals surface area (Å²) in [6, 6.07) is 21.7. The molecule has 3 nitrogen and oxygen atoms in total. The Kier molecular flexibility index (Phi) is 3.49. The molecule has 0 amide bonds. The molecular weight excluding hydrogens is 368 g/mol. The van der Waals surface area contributed by atoms with Gasteiger partial charge in [-0.2, -0.15) is 0 Å². The van der Waals surface area contributed by atoms with Crippen molar-refractivity contribution in [2.75, 3.05) is 0 Å². The van der Waals surface area contributed by atoms with Crippen molar-refractivity contribution < 1.29 is 8.53 Å². The van der Waals surface area contributed by atoms with Gasteiger partial charge in [0.2, 0.25) is 5.71 Å². The Hall–Kier alpha value is -3.46. The average molecular weight is 396 g/mol. The predicted octanol–water partition coefficient (Wildman–Crippen LogP) is 7.32. The molecule has 5 rings (SSSR count). The van der Waals surface area contributed by atoms with Gasteiger partial charge in [0.05, 0.1) is 5.69 Å². The van der Waals surface area contributed by atoms with Gasteiger partial charge in [0.25, 0.3) is 0 Å². The topological polar surface area (TPSA) is 38.9 Å². The highest BCUT2D eigenvalue weighted by atomic mass is 16.3. The van der Waals surface area contributed by atoms with Crippen molar-refractivity contribution in [2.45, 2.75) is 33.0 Å². The van der Waals surface area contributed by atoms with Crippen LogP contribution in [-0.2, 0) is 5.41 Å². The minimum Gasteiger partial charge on any atom is -0.437 e. The normalized spacial score (nSPS) is 13.9. The zero-order chi connectivity index (χ0) is 23.4. The molecule has 3 aromatic heterocycles. The van der Waals surface area contributed by atoms with Gasteiger partial charge in [-0.3, -0.25) is 4.98 Å². The van der Waals surface area contributed by atoms with E-state index in [2.05, 4.69) is 50.0 Å². The molecule has 0 bridgehead atoms. The molecule has 2 aromatic carbocycles. The Labute approximate surface area is 180 Å². The van der Waals surface area contributed by atoms with E-state index in [4.69, 9.17) is 13.5 Å². The zero-order valence-electron chi connectivity index (χ0n) is 20.2. The van der Waals surface area contributed by atoms with E-state index in [1.807, 2.05) is 36.5 Å². The maximum Gasteiger partial charge on any atom is 0.227 e. The molecule has 30 heavy (non-hydrogen) atoms. The van der Waals surface area contributed by atoms with Gasteiger partial charge in [-0.05, 0) is 47.7 Å². The molecule has 0 spiro atoms. The van der Waals surface area contributed by atoms with Crippen LogP contribution in [0.5, 0.6) is 0 Å². The molecule has 0 saturated heterocycles. The van der Waals surface area contributed by atoms with Crippen LogP contribution in [0.15, 0.2) is 77.3 Å². The quantitative estimate of drug-likeness (QED) is 0.314. The number of rotatable bonds is 2. The molecule has 0 aliphatic carbocycles. The maximum atomic E-state index is 7.62. The number of hydrogen-bond acceptors (Lipinski definition) is 3. The second kappa shape index (κ2) is 6.81. The standard InChI is InChI=1S/C27H24N2O/c1-17-12-14-21-20-9-7-10-22(25(20)30-26(21)29-17)24-15-13-18(16-28-24)19-8-5-6-11-23(19)27(2,3)4/h5-16H,1-4H3/i1D3. The van der Waals surface area contributed by atoms with Gasteiger partial charge >= 0.3 is 0 Å². The summed E-state index contributed by atoms with van der Waals surface area (Å²) in [4.78, 5) is 9.01. The van der Waals surface area contributed by atoms with Gasteiger partial charge in [0.15, 0.2) is 0 Å². The fraction of sp³-hybridized carbons (Fsp3) is 0.185. The number of pyridine rings is 2. The minimum atomic E-state index is -2.28. The molecule has 0 N–H and O–H groups in total. The SMILES string of the molecule is [2H]C([2H])([2H])c1ccc2c(n1)oc1c(-c3ccc(-c4ccccc4C(C)(C)C)cn3)cccc12. The number of fused-ring (bicyclic) bond motifs is 3. The van der Waals surface area contributed by atoms with Gasteiger partial charge < -0.3 is 4.42 Å². The number of benzene rings is 2. The number of nitrogens with zero attached hydrogens (tertiary/aromatic N) is 2. The Morgan fingerprint density at radius 3 is 2.43 bits per heavy atom. The van der Waals surface area contributed by atoms with Crippen molar-refractivity contribution in [3.05, 3.63) is 84.2 Å². The number of furan rings is 1. The Balaban J connectivity index is 1.61. The van der Waals surface area contributed by atoms with Crippen LogP contribution in [0.4, 0.5) is 0 Å². The van der Waals surface area contributed by atoms with E-state index in [0.717, 1.165) is 27.6 Å². The Morgan fingerprint density at radius 2 is 1.67 bits per heavy atom. The number of para-hydroxylation sites is 1. The highest BCUT2D eigenvalue weighted by Crippen LogP contribution is 2.36. The zero-order valence-corrected chi connectivity index (χ0v) is 17.2. The fourth-order valence-corrected chi connectivity index (χ4v) is 3.98. The molecule has 0 fully saturated rings. The van der Waals surface area contributed by atoms with Gasteiger partial charge in [-0.25, -0.2) is 4.98 Å². The van der Waals surface area contributed by atoms with Gasteiger partial charge in [0, 0.05) is 37.9 Å². The van der Waals surface area contributed by atoms with Crippen LogP contribution in [0.3, 0.4) is 0 Å². The van der Waals surface area contributed by atoms with Crippen molar-refractivity contribution in [3.63, 3.8) is 0 Å². The summed E-state index contributed by atoms with van der Waals surface area (Å²) in [6.07, 6.45) is 1.90. The first-order valence-corrected chi connectivity index (χ1v) is 10.0. The largest absolute Gasteiger partial charge is 0.437 e. The van der Waals surface area contributed by atoms with Crippen molar-refractivity contribution in [1.82, 2.24) is 9.97 Å². The van der Waals surface area contributed by atoms with E-state index >= 15 is 0 Å². The van der Waals surface area contributed by atoms with Crippen molar-refractivity contribution in [3.8, 4) is 22.4 Å². The highest BCUT2D eigenvalue weighted by molar-refractivity contribution is 6.08. The molecule has 0 atom stereocenters. The molecular formula is C27H24N2O. The van der Waals surface area contributed by atoms with Gasteiger partial charge in [-0.15, -0.1) is 0 Å². The van der Waals surface area contributed by atoms with Crippen molar-refractivity contribution >= 4 is 22.1 Å².